The molecule has 1 saturated heterocycles. The molecule has 1 aliphatic heterocycles. The van der Waals surface area contributed by atoms with Crippen LogP contribution < -0.4 is 42.8 Å². The Balaban J connectivity index is 2.65. The number of hydrazine groups is 1. The lowest BCUT2D eigenvalue weighted by Crippen LogP contribution is -2.69. The van der Waals surface area contributed by atoms with Crippen molar-refractivity contribution in [3.63, 3.8) is 0 Å². The zero-order valence-electron chi connectivity index (χ0n) is 21.0. The molecule has 14 heteroatoms. The van der Waals surface area contributed by atoms with E-state index in [1.54, 1.807) is 0 Å². The summed E-state index contributed by atoms with van der Waals surface area (Å²) in [5.41, 5.74) is 4.52. The summed E-state index contributed by atoms with van der Waals surface area (Å²) in [6.07, 6.45) is 1.64. The summed E-state index contributed by atoms with van der Waals surface area (Å²) in [7, 11) is 0. The SMILES string of the molecule is O=C(O)CCCC(=O)NNCCNC1(NC(=O)CCCC(=O)O)CNCCNCCCNCCNC1. The van der Waals surface area contributed by atoms with E-state index in [2.05, 4.69) is 42.8 Å². The van der Waals surface area contributed by atoms with Crippen LogP contribution in [0.15, 0.2) is 0 Å². The highest BCUT2D eigenvalue weighted by molar-refractivity contribution is 5.77. The molecule has 1 fully saturated rings. The Morgan fingerprint density at radius 2 is 1.19 bits per heavy atom. The first-order valence-corrected chi connectivity index (χ1v) is 12.7. The molecule has 14 nitrogen and oxygen atoms in total. The topological polar surface area (TPSA) is 205 Å². The van der Waals surface area contributed by atoms with Crippen molar-refractivity contribution in [3.05, 3.63) is 0 Å². The highest BCUT2D eigenvalue weighted by Gasteiger charge is 2.30. The first-order chi connectivity index (χ1) is 17.3. The van der Waals surface area contributed by atoms with Crippen molar-refractivity contribution >= 4 is 23.8 Å². The first-order valence-electron chi connectivity index (χ1n) is 12.7. The molecule has 0 bridgehead atoms. The summed E-state index contributed by atoms with van der Waals surface area (Å²) < 4.78 is 0. The number of carbonyl (C=O) groups excluding carboxylic acids is 2. The lowest BCUT2D eigenvalue weighted by atomic mass is 10.1. The zero-order valence-corrected chi connectivity index (χ0v) is 21.0. The number of carbonyl (C=O) groups is 4. The number of carboxylic acid groups (broad SMARTS) is 2. The van der Waals surface area contributed by atoms with Gasteiger partial charge in [0.2, 0.25) is 11.8 Å². The van der Waals surface area contributed by atoms with E-state index in [9.17, 15) is 19.2 Å². The van der Waals surface area contributed by atoms with E-state index in [-0.39, 0.29) is 50.3 Å². The third kappa shape index (κ3) is 17.1. The van der Waals surface area contributed by atoms with Crippen molar-refractivity contribution in [2.75, 3.05) is 65.4 Å². The number of hydrogen-bond acceptors (Lipinski definition) is 10. The molecule has 1 aliphatic rings. The fourth-order valence-electron chi connectivity index (χ4n) is 3.58. The Morgan fingerprint density at radius 3 is 1.75 bits per heavy atom. The molecule has 36 heavy (non-hydrogen) atoms. The standard InChI is InChI=1S/C22H44N8O6/c31-18(4-1-6-20(33)34)29-22(27-14-15-28-30-19(32)5-2-7-21(35)36)16-25-12-10-23-8-3-9-24-11-13-26-17-22/h23-28H,1-17H2,(H,29,31)(H,30,32)(H,33,34)(H,35,36). The van der Waals surface area contributed by atoms with E-state index in [0.29, 0.717) is 39.3 Å². The van der Waals surface area contributed by atoms with Crippen LogP contribution in [-0.4, -0.2) is 105 Å². The minimum absolute atomic E-state index is 0.0608. The van der Waals surface area contributed by atoms with Gasteiger partial charge in [-0.05, 0) is 32.4 Å². The lowest BCUT2D eigenvalue weighted by molar-refractivity contribution is -0.138. The first kappa shape index (κ1) is 31.7. The second kappa shape index (κ2) is 19.8. The van der Waals surface area contributed by atoms with Gasteiger partial charge in [-0.15, -0.1) is 0 Å². The fourth-order valence-corrected chi connectivity index (χ4v) is 3.58. The predicted octanol–water partition coefficient (Wildman–Crippen LogP) is -2.72. The Bertz CT molecular complexity index is 652. The highest BCUT2D eigenvalue weighted by atomic mass is 16.4. The summed E-state index contributed by atoms with van der Waals surface area (Å²) in [4.78, 5) is 45.8. The van der Waals surface area contributed by atoms with Crippen molar-refractivity contribution in [1.29, 1.82) is 0 Å². The van der Waals surface area contributed by atoms with Gasteiger partial charge in [-0.1, -0.05) is 0 Å². The fraction of sp³-hybridized carbons (Fsp3) is 0.818. The van der Waals surface area contributed by atoms with E-state index in [1.807, 2.05) is 0 Å². The van der Waals surface area contributed by atoms with Crippen molar-refractivity contribution in [2.24, 2.45) is 0 Å². The minimum atomic E-state index is -0.938. The van der Waals surface area contributed by atoms with Crippen LogP contribution in [0.1, 0.15) is 44.9 Å². The molecular formula is C22H44N8O6. The number of carboxylic acids is 2. The quantitative estimate of drug-likeness (QED) is 0.0650. The van der Waals surface area contributed by atoms with Gasteiger partial charge >= 0.3 is 11.9 Å². The second-order valence-electron chi connectivity index (χ2n) is 8.73. The Morgan fingerprint density at radius 1 is 0.667 bits per heavy atom. The van der Waals surface area contributed by atoms with Crippen LogP contribution >= 0.6 is 0 Å². The number of hydrogen-bond donors (Lipinski definition) is 10. The summed E-state index contributed by atoms with van der Waals surface area (Å²) in [5.74, 6) is -2.41. The van der Waals surface area contributed by atoms with Gasteiger partial charge in [-0.3, -0.25) is 29.9 Å². The third-order valence-corrected chi connectivity index (χ3v) is 5.43. The van der Waals surface area contributed by atoms with Gasteiger partial charge in [0, 0.05) is 78.0 Å². The van der Waals surface area contributed by atoms with Gasteiger partial charge in [0.15, 0.2) is 0 Å². The van der Waals surface area contributed by atoms with Gasteiger partial charge in [0.1, 0.15) is 5.66 Å². The molecule has 0 aromatic heterocycles. The molecule has 0 unspecified atom stereocenters. The molecule has 0 aromatic rings. The number of amides is 2. The van der Waals surface area contributed by atoms with E-state index in [4.69, 9.17) is 10.2 Å². The zero-order chi connectivity index (χ0) is 26.5. The maximum Gasteiger partial charge on any atom is 0.303 e. The van der Waals surface area contributed by atoms with Crippen molar-refractivity contribution in [1.82, 2.24) is 42.8 Å². The molecule has 0 saturated carbocycles. The third-order valence-electron chi connectivity index (χ3n) is 5.43. The van der Waals surface area contributed by atoms with Crippen LogP contribution in [0, 0.1) is 0 Å². The second-order valence-corrected chi connectivity index (χ2v) is 8.73. The van der Waals surface area contributed by atoms with Gasteiger partial charge in [-0.25, -0.2) is 5.43 Å². The lowest BCUT2D eigenvalue weighted by Gasteiger charge is -2.37. The molecular weight excluding hydrogens is 472 g/mol. The van der Waals surface area contributed by atoms with Crippen molar-refractivity contribution < 1.29 is 29.4 Å². The van der Waals surface area contributed by atoms with E-state index < -0.39 is 17.6 Å². The average Bonchev–Trinajstić information content (AvgIpc) is 2.81. The summed E-state index contributed by atoms with van der Waals surface area (Å²) in [6.45, 7) is 6.45. The number of aliphatic carboxylic acids is 2. The molecule has 0 atom stereocenters. The van der Waals surface area contributed by atoms with Crippen LogP contribution in [-0.2, 0) is 19.2 Å². The van der Waals surface area contributed by atoms with Crippen LogP contribution in [0.4, 0.5) is 0 Å². The monoisotopic (exact) mass is 516 g/mol. The minimum Gasteiger partial charge on any atom is -0.481 e. The van der Waals surface area contributed by atoms with Gasteiger partial charge in [-0.2, -0.15) is 0 Å². The van der Waals surface area contributed by atoms with Crippen molar-refractivity contribution in [2.45, 2.75) is 50.6 Å². The molecule has 2 amide bonds. The summed E-state index contributed by atoms with van der Waals surface area (Å²) in [6, 6.07) is 0. The Labute approximate surface area is 212 Å². The largest absolute Gasteiger partial charge is 0.481 e. The normalized spacial score (nSPS) is 17.4. The van der Waals surface area contributed by atoms with Crippen LogP contribution in [0.2, 0.25) is 0 Å². The van der Waals surface area contributed by atoms with Gasteiger partial charge in [0.25, 0.3) is 0 Å². The summed E-state index contributed by atoms with van der Waals surface area (Å²) in [5, 5.41) is 37.4. The van der Waals surface area contributed by atoms with E-state index in [1.165, 1.54) is 0 Å². The average molecular weight is 517 g/mol. The molecule has 0 spiro atoms. The molecule has 0 radical (unpaired) electrons. The van der Waals surface area contributed by atoms with Gasteiger partial charge < -0.3 is 36.8 Å². The summed E-state index contributed by atoms with van der Waals surface area (Å²) >= 11 is 0. The van der Waals surface area contributed by atoms with Crippen LogP contribution in [0.5, 0.6) is 0 Å². The highest BCUT2D eigenvalue weighted by Crippen LogP contribution is 2.03. The van der Waals surface area contributed by atoms with Crippen molar-refractivity contribution in [3.8, 4) is 0 Å². The Hall–Kier alpha value is -2.36. The van der Waals surface area contributed by atoms with Crippen LogP contribution in [0.3, 0.4) is 0 Å². The smallest absolute Gasteiger partial charge is 0.303 e. The predicted molar refractivity (Wildman–Crippen MR) is 134 cm³/mol. The number of nitrogens with one attached hydrogen (secondary N) is 8. The maximum atomic E-state index is 12.7. The number of rotatable bonds is 14. The Kier molecular flexibility index (Phi) is 17.4. The molecule has 0 aromatic carbocycles. The van der Waals surface area contributed by atoms with E-state index >= 15 is 0 Å². The maximum absolute atomic E-state index is 12.7. The van der Waals surface area contributed by atoms with Crippen LogP contribution in [0.25, 0.3) is 0 Å². The van der Waals surface area contributed by atoms with E-state index in [0.717, 1.165) is 32.6 Å². The molecule has 208 valence electrons. The molecule has 1 rings (SSSR count). The molecule has 0 aliphatic carbocycles. The van der Waals surface area contributed by atoms with Gasteiger partial charge in [0.05, 0.1) is 0 Å². The molecule has 10 N–H and O–H groups in total. The molecule has 1 heterocycles.